The lowest BCUT2D eigenvalue weighted by Gasteiger charge is -2.26. The minimum Gasteiger partial charge on any atom is -0.272 e. The van der Waals surface area contributed by atoms with Crippen molar-refractivity contribution in [1.29, 1.82) is 0 Å². The van der Waals surface area contributed by atoms with Crippen molar-refractivity contribution in [2.75, 3.05) is 6.26 Å². The maximum absolute atomic E-state index is 12.6. The van der Waals surface area contributed by atoms with Crippen molar-refractivity contribution in [3.8, 4) is 0 Å². The van der Waals surface area contributed by atoms with Crippen LogP contribution in [-0.4, -0.2) is 24.4 Å². The lowest BCUT2D eigenvalue weighted by atomic mass is 10.4. The molecule has 1 atom stereocenters. The minimum atomic E-state index is -2.61. The van der Waals surface area contributed by atoms with Crippen LogP contribution in [0.1, 0.15) is 20.8 Å². The topological polar surface area (TPSA) is 46.5 Å². The summed E-state index contributed by atoms with van der Waals surface area (Å²) in [5, 5.41) is 0. The van der Waals surface area contributed by atoms with Crippen LogP contribution in [0, 0.1) is 0 Å². The van der Waals surface area contributed by atoms with Crippen LogP contribution in [0.3, 0.4) is 0 Å². The summed E-state index contributed by atoms with van der Waals surface area (Å²) in [5.41, 5.74) is 0. The van der Waals surface area contributed by atoms with E-state index in [1.54, 1.807) is 18.4 Å². The van der Waals surface area contributed by atoms with Gasteiger partial charge in [0.2, 0.25) is 0 Å². The number of amides is 1. The number of hydrogen-bond acceptors (Lipinski definition) is 2. The number of hydrogen-bond donors (Lipinski definition) is 0. The van der Waals surface area contributed by atoms with Crippen molar-refractivity contribution in [2.45, 2.75) is 49.8 Å². The molecule has 0 heterocycles. The van der Waals surface area contributed by atoms with Crippen molar-refractivity contribution in [2.24, 2.45) is 4.36 Å². The summed E-state index contributed by atoms with van der Waals surface area (Å²) in [6.07, 6.45) is 1.55. The molecule has 0 saturated heterocycles. The van der Waals surface area contributed by atoms with E-state index in [0.717, 1.165) is 18.1 Å². The zero-order valence-electron chi connectivity index (χ0n) is 12.9. The first-order chi connectivity index (χ1) is 9.39. The Hall–Kier alpha value is -0.943. The van der Waals surface area contributed by atoms with Gasteiger partial charge in [0, 0.05) is 17.2 Å². The predicted molar refractivity (Wildman–Crippen MR) is 88.2 cm³/mol. The van der Waals surface area contributed by atoms with Gasteiger partial charge in [0.1, 0.15) is 0 Å². The summed E-state index contributed by atoms with van der Waals surface area (Å²) in [6.45, 7) is 6.48. The van der Waals surface area contributed by atoms with E-state index < -0.39 is 17.8 Å². The molecular formula is C15H25NO2SSi. The largest absolute Gasteiger partial charge is 0.272 e. The average molecular weight is 312 g/mol. The molecule has 1 unspecified atom stereocenters. The molecular weight excluding hydrogens is 286 g/mol. The van der Waals surface area contributed by atoms with Gasteiger partial charge in [-0.1, -0.05) is 57.1 Å². The molecule has 0 saturated carbocycles. The van der Waals surface area contributed by atoms with Crippen LogP contribution in [0.15, 0.2) is 39.6 Å². The van der Waals surface area contributed by atoms with E-state index in [2.05, 4.69) is 25.1 Å². The summed E-state index contributed by atoms with van der Waals surface area (Å²) in [6, 6.07) is 12.8. The SMILES string of the molecule is CC[Si](CC)(CC)CC(=O)N=S(C)(=O)c1ccccc1. The van der Waals surface area contributed by atoms with Crippen LogP contribution < -0.4 is 0 Å². The van der Waals surface area contributed by atoms with Gasteiger partial charge in [0.05, 0.1) is 17.8 Å². The normalized spacial score (nSPS) is 14.6. The Bertz CT molecular complexity index is 550. The molecule has 1 amide bonds. The summed E-state index contributed by atoms with van der Waals surface area (Å²) in [5.74, 6) is -0.182. The van der Waals surface area contributed by atoms with Gasteiger partial charge in [-0.3, -0.25) is 4.79 Å². The second-order valence-corrected chi connectivity index (χ2v) is 13.1. The summed E-state index contributed by atoms with van der Waals surface area (Å²) >= 11 is 0. The van der Waals surface area contributed by atoms with Crippen molar-refractivity contribution in [3.05, 3.63) is 30.3 Å². The van der Waals surface area contributed by atoms with Gasteiger partial charge in [-0.25, -0.2) is 4.21 Å². The molecule has 1 aromatic rings. The van der Waals surface area contributed by atoms with E-state index >= 15 is 0 Å². The summed E-state index contributed by atoms with van der Waals surface area (Å²) in [4.78, 5) is 12.8. The second-order valence-electron chi connectivity index (χ2n) is 5.34. The third kappa shape index (κ3) is 4.28. The smallest absolute Gasteiger partial charge is 0.251 e. The van der Waals surface area contributed by atoms with Gasteiger partial charge in [-0.15, -0.1) is 0 Å². The number of carbonyl (C=O) groups is 1. The fourth-order valence-corrected chi connectivity index (χ4v) is 6.70. The molecule has 0 aromatic heterocycles. The minimum absolute atomic E-state index is 0.182. The zero-order valence-corrected chi connectivity index (χ0v) is 14.7. The highest BCUT2D eigenvalue weighted by Crippen LogP contribution is 2.26. The van der Waals surface area contributed by atoms with Crippen LogP contribution in [0.5, 0.6) is 0 Å². The number of benzene rings is 1. The Kier molecular flexibility index (Phi) is 6.14. The number of nitrogens with zero attached hydrogens (tertiary/aromatic N) is 1. The fraction of sp³-hybridized carbons (Fsp3) is 0.533. The highest BCUT2D eigenvalue weighted by molar-refractivity contribution is 7.93. The monoisotopic (exact) mass is 311 g/mol. The van der Waals surface area contributed by atoms with Crippen LogP contribution in [0.4, 0.5) is 0 Å². The predicted octanol–water partition coefficient (Wildman–Crippen LogP) is 4.18. The lowest BCUT2D eigenvalue weighted by molar-refractivity contribution is -0.115. The van der Waals surface area contributed by atoms with Crippen LogP contribution in [0.2, 0.25) is 24.2 Å². The zero-order chi connectivity index (χ0) is 15.2. The fourth-order valence-electron chi connectivity index (χ4n) is 2.40. The van der Waals surface area contributed by atoms with E-state index in [9.17, 15) is 9.00 Å². The molecule has 1 rings (SSSR count). The highest BCUT2D eigenvalue weighted by atomic mass is 32.2. The highest BCUT2D eigenvalue weighted by Gasteiger charge is 2.30. The Morgan fingerprint density at radius 2 is 1.60 bits per heavy atom. The molecule has 0 bridgehead atoms. The van der Waals surface area contributed by atoms with Gasteiger partial charge in [-0.05, 0) is 12.1 Å². The molecule has 0 N–H and O–H groups in total. The molecule has 112 valence electrons. The van der Waals surface area contributed by atoms with Gasteiger partial charge >= 0.3 is 0 Å². The van der Waals surface area contributed by atoms with Crippen molar-refractivity contribution >= 4 is 23.7 Å². The summed E-state index contributed by atoms with van der Waals surface area (Å²) in [7, 11) is -4.16. The van der Waals surface area contributed by atoms with Crippen LogP contribution in [0.25, 0.3) is 0 Å². The maximum Gasteiger partial charge on any atom is 0.251 e. The standard InChI is InChI=1S/C15H25NO2SSi/c1-5-20(6-2,7-3)13-15(17)16-19(4,18)14-11-9-8-10-12-14/h8-12H,5-7,13H2,1-4H3. The van der Waals surface area contributed by atoms with E-state index in [1.165, 1.54) is 0 Å². The average Bonchev–Trinajstić information content (AvgIpc) is 2.45. The van der Waals surface area contributed by atoms with E-state index in [4.69, 9.17) is 0 Å². The third-order valence-corrected chi connectivity index (χ3v) is 11.5. The Labute approximate surface area is 124 Å². The Morgan fingerprint density at radius 1 is 1.10 bits per heavy atom. The molecule has 0 aliphatic carbocycles. The molecule has 3 nitrogen and oxygen atoms in total. The molecule has 20 heavy (non-hydrogen) atoms. The van der Waals surface area contributed by atoms with Crippen molar-refractivity contribution < 1.29 is 9.00 Å². The van der Waals surface area contributed by atoms with Crippen molar-refractivity contribution in [3.63, 3.8) is 0 Å². The van der Waals surface area contributed by atoms with Crippen LogP contribution in [-0.2, 0) is 14.5 Å². The Morgan fingerprint density at radius 3 is 2.05 bits per heavy atom. The maximum atomic E-state index is 12.6. The van der Waals surface area contributed by atoms with Crippen molar-refractivity contribution in [1.82, 2.24) is 0 Å². The first-order valence-electron chi connectivity index (χ1n) is 7.19. The quantitative estimate of drug-likeness (QED) is 0.740. The Balaban J connectivity index is 2.99. The molecule has 0 aliphatic rings. The molecule has 5 heteroatoms. The van der Waals surface area contributed by atoms with Gasteiger partial charge < -0.3 is 0 Å². The van der Waals surface area contributed by atoms with Gasteiger partial charge in [0.15, 0.2) is 0 Å². The van der Waals surface area contributed by atoms with E-state index in [1.807, 2.05) is 18.2 Å². The molecule has 0 spiro atoms. The second kappa shape index (κ2) is 7.18. The first-order valence-corrected chi connectivity index (χ1v) is 11.9. The van der Waals surface area contributed by atoms with Gasteiger partial charge in [0.25, 0.3) is 5.91 Å². The molecule has 0 radical (unpaired) electrons. The molecule has 1 aromatic carbocycles. The van der Waals surface area contributed by atoms with Crippen LogP contribution >= 0.6 is 0 Å². The molecule has 0 aliphatic heterocycles. The third-order valence-electron chi connectivity index (χ3n) is 4.23. The first kappa shape index (κ1) is 17.1. The van der Waals surface area contributed by atoms with E-state index in [-0.39, 0.29) is 5.91 Å². The number of carbonyl (C=O) groups excluding carboxylic acids is 1. The molecule has 0 fully saturated rings. The number of rotatable bonds is 6. The summed E-state index contributed by atoms with van der Waals surface area (Å²) < 4.78 is 16.6. The van der Waals surface area contributed by atoms with Gasteiger partial charge in [-0.2, -0.15) is 4.36 Å². The van der Waals surface area contributed by atoms with E-state index in [0.29, 0.717) is 10.9 Å². The lowest BCUT2D eigenvalue weighted by Crippen LogP contribution is -2.33.